The van der Waals surface area contributed by atoms with E-state index in [1.165, 1.54) is 46.8 Å². The molecule has 0 aliphatic carbocycles. The van der Waals surface area contributed by atoms with Crippen molar-refractivity contribution in [3.05, 3.63) is 60.2 Å². The maximum absolute atomic E-state index is 12.6. The van der Waals surface area contributed by atoms with Crippen LogP contribution in [0.25, 0.3) is 6.08 Å². The quantitative estimate of drug-likeness (QED) is 0.385. The molecular formula is C21H23N3O8S2. The van der Waals surface area contributed by atoms with Gasteiger partial charge in [0, 0.05) is 24.9 Å². The third-order valence-electron chi connectivity index (χ3n) is 4.69. The fraction of sp³-hybridized carbons (Fsp3) is 0.238. The van der Waals surface area contributed by atoms with Crippen molar-refractivity contribution >= 4 is 43.7 Å². The molecule has 182 valence electrons. The Labute approximate surface area is 197 Å². The normalized spacial score (nSPS) is 15.2. The monoisotopic (exact) mass is 509 g/mol. The summed E-state index contributed by atoms with van der Waals surface area (Å²) in [5.41, 5.74) is 0.734. The van der Waals surface area contributed by atoms with Crippen LogP contribution in [0.4, 0.5) is 5.69 Å². The summed E-state index contributed by atoms with van der Waals surface area (Å²) in [6, 6.07) is 11.3. The van der Waals surface area contributed by atoms with Crippen LogP contribution in [0.15, 0.2) is 64.4 Å². The molecule has 2 aromatic rings. The fourth-order valence-corrected chi connectivity index (χ4v) is 4.95. The van der Waals surface area contributed by atoms with Crippen molar-refractivity contribution in [1.29, 1.82) is 0 Å². The van der Waals surface area contributed by atoms with Gasteiger partial charge in [0.15, 0.2) is 6.61 Å². The van der Waals surface area contributed by atoms with E-state index in [0.29, 0.717) is 31.9 Å². The number of hydrogen-bond donors (Lipinski definition) is 2. The number of primary sulfonamides is 1. The van der Waals surface area contributed by atoms with E-state index in [2.05, 4.69) is 5.32 Å². The molecule has 0 saturated carbocycles. The van der Waals surface area contributed by atoms with E-state index >= 15 is 0 Å². The molecule has 1 heterocycles. The first kappa shape index (κ1) is 25.5. The van der Waals surface area contributed by atoms with Gasteiger partial charge >= 0.3 is 5.97 Å². The zero-order valence-electron chi connectivity index (χ0n) is 17.9. The Morgan fingerprint density at radius 3 is 2.35 bits per heavy atom. The largest absolute Gasteiger partial charge is 0.452 e. The van der Waals surface area contributed by atoms with E-state index in [1.807, 2.05) is 0 Å². The summed E-state index contributed by atoms with van der Waals surface area (Å²) < 4.78 is 59.4. The maximum Gasteiger partial charge on any atom is 0.331 e. The molecule has 3 N–H and O–H groups in total. The average molecular weight is 510 g/mol. The number of carbonyl (C=O) groups is 2. The summed E-state index contributed by atoms with van der Waals surface area (Å²) in [6.07, 6.45) is 2.52. The second-order valence-electron chi connectivity index (χ2n) is 7.15. The van der Waals surface area contributed by atoms with Gasteiger partial charge in [-0.15, -0.1) is 0 Å². The number of sulfonamides is 2. The third kappa shape index (κ3) is 6.95. The van der Waals surface area contributed by atoms with Gasteiger partial charge in [0.25, 0.3) is 5.91 Å². The second-order valence-corrected chi connectivity index (χ2v) is 10.6. The number of nitrogens with zero attached hydrogens (tertiary/aromatic N) is 1. The molecule has 0 radical (unpaired) electrons. The van der Waals surface area contributed by atoms with Gasteiger partial charge < -0.3 is 14.8 Å². The van der Waals surface area contributed by atoms with Gasteiger partial charge in [-0.2, -0.15) is 4.31 Å². The molecule has 1 aliphatic rings. The van der Waals surface area contributed by atoms with Crippen LogP contribution in [0.1, 0.15) is 5.56 Å². The standard InChI is InChI=1S/C21H23N3O8S2/c22-33(27,28)19-3-1-2-17(14-19)23-20(25)15-32-21(26)9-6-16-4-7-18(8-5-16)34(29,30)24-10-12-31-13-11-24/h1-9,14H,10-13,15H2,(H,23,25)(H2,22,27,28)/b9-6+. The number of nitrogens with two attached hydrogens (primary N) is 1. The molecule has 11 nitrogen and oxygen atoms in total. The van der Waals surface area contributed by atoms with Gasteiger partial charge in [0.1, 0.15) is 0 Å². The fourth-order valence-electron chi connectivity index (χ4n) is 2.98. The molecule has 0 bridgehead atoms. The van der Waals surface area contributed by atoms with E-state index in [9.17, 15) is 26.4 Å². The Kier molecular flexibility index (Phi) is 8.17. The van der Waals surface area contributed by atoms with E-state index in [1.54, 1.807) is 12.1 Å². The van der Waals surface area contributed by atoms with Crippen molar-refractivity contribution in [2.75, 3.05) is 38.2 Å². The lowest BCUT2D eigenvalue weighted by atomic mass is 10.2. The number of amides is 1. The predicted octanol–water partition coefficient (Wildman–Crippen LogP) is 0.550. The van der Waals surface area contributed by atoms with Gasteiger partial charge in [-0.1, -0.05) is 18.2 Å². The van der Waals surface area contributed by atoms with E-state index < -0.39 is 38.5 Å². The number of rotatable bonds is 8. The Bertz CT molecular complexity index is 1280. The molecule has 0 unspecified atom stereocenters. The number of anilines is 1. The molecule has 0 spiro atoms. The van der Waals surface area contributed by atoms with Crippen molar-refractivity contribution in [2.45, 2.75) is 9.79 Å². The Balaban J connectivity index is 1.51. The number of hydrogen-bond acceptors (Lipinski definition) is 8. The summed E-state index contributed by atoms with van der Waals surface area (Å²) in [5.74, 6) is -1.47. The van der Waals surface area contributed by atoms with Crippen LogP contribution in [0.2, 0.25) is 0 Å². The van der Waals surface area contributed by atoms with Crippen LogP contribution in [-0.4, -0.2) is 65.9 Å². The molecule has 0 atom stereocenters. The molecule has 1 saturated heterocycles. The highest BCUT2D eigenvalue weighted by Gasteiger charge is 2.26. The first-order chi connectivity index (χ1) is 16.1. The van der Waals surface area contributed by atoms with Crippen LogP contribution in [0.5, 0.6) is 0 Å². The van der Waals surface area contributed by atoms with Crippen LogP contribution < -0.4 is 10.5 Å². The smallest absolute Gasteiger partial charge is 0.331 e. The molecular weight excluding hydrogens is 486 g/mol. The summed E-state index contributed by atoms with van der Waals surface area (Å²) in [5, 5.41) is 7.45. The number of ether oxygens (including phenoxy) is 2. The molecule has 3 rings (SSSR count). The van der Waals surface area contributed by atoms with Gasteiger partial charge in [-0.05, 0) is 42.0 Å². The lowest BCUT2D eigenvalue weighted by molar-refractivity contribution is -0.142. The van der Waals surface area contributed by atoms with E-state index in [0.717, 1.165) is 6.08 Å². The van der Waals surface area contributed by atoms with Gasteiger partial charge in [0.05, 0.1) is 23.0 Å². The summed E-state index contributed by atoms with van der Waals surface area (Å²) in [6.45, 7) is 0.686. The molecule has 34 heavy (non-hydrogen) atoms. The maximum atomic E-state index is 12.6. The minimum atomic E-state index is -3.92. The molecule has 13 heteroatoms. The van der Waals surface area contributed by atoms with Crippen LogP contribution in [-0.2, 0) is 39.1 Å². The minimum Gasteiger partial charge on any atom is -0.452 e. The molecule has 0 aromatic heterocycles. The lowest BCUT2D eigenvalue weighted by Gasteiger charge is -2.26. The number of carbonyl (C=O) groups excluding carboxylic acids is 2. The lowest BCUT2D eigenvalue weighted by Crippen LogP contribution is -2.40. The second kappa shape index (κ2) is 10.9. The van der Waals surface area contributed by atoms with Gasteiger partial charge in [-0.3, -0.25) is 4.79 Å². The summed E-state index contributed by atoms with van der Waals surface area (Å²) in [7, 11) is -7.54. The Morgan fingerprint density at radius 2 is 1.71 bits per heavy atom. The number of benzene rings is 2. The van der Waals surface area contributed by atoms with Crippen molar-refractivity contribution in [3.63, 3.8) is 0 Å². The highest BCUT2D eigenvalue weighted by atomic mass is 32.2. The minimum absolute atomic E-state index is 0.136. The van der Waals surface area contributed by atoms with Crippen LogP contribution >= 0.6 is 0 Å². The molecule has 1 fully saturated rings. The van der Waals surface area contributed by atoms with Crippen LogP contribution in [0.3, 0.4) is 0 Å². The zero-order chi connectivity index (χ0) is 24.8. The average Bonchev–Trinajstić information content (AvgIpc) is 2.82. The van der Waals surface area contributed by atoms with Crippen molar-refractivity contribution in [3.8, 4) is 0 Å². The van der Waals surface area contributed by atoms with E-state index in [-0.39, 0.29) is 15.5 Å². The third-order valence-corrected chi connectivity index (χ3v) is 7.52. The Morgan fingerprint density at radius 1 is 1.03 bits per heavy atom. The molecule has 2 aromatic carbocycles. The molecule has 1 amide bonds. The van der Waals surface area contributed by atoms with Crippen molar-refractivity contribution < 1.29 is 35.9 Å². The highest BCUT2D eigenvalue weighted by Crippen LogP contribution is 2.18. The summed E-state index contributed by atoms with van der Waals surface area (Å²) >= 11 is 0. The van der Waals surface area contributed by atoms with Crippen molar-refractivity contribution in [2.24, 2.45) is 5.14 Å². The number of nitrogens with one attached hydrogen (secondary N) is 1. The van der Waals surface area contributed by atoms with Crippen molar-refractivity contribution in [1.82, 2.24) is 4.31 Å². The predicted molar refractivity (Wildman–Crippen MR) is 122 cm³/mol. The first-order valence-corrected chi connectivity index (χ1v) is 13.0. The number of morpholine rings is 1. The van der Waals surface area contributed by atoms with Crippen LogP contribution in [0, 0.1) is 0 Å². The van der Waals surface area contributed by atoms with E-state index in [4.69, 9.17) is 14.6 Å². The topological polar surface area (TPSA) is 162 Å². The summed E-state index contributed by atoms with van der Waals surface area (Å²) in [4.78, 5) is 23.8. The zero-order valence-corrected chi connectivity index (χ0v) is 19.5. The van der Waals surface area contributed by atoms with Gasteiger partial charge in [-0.25, -0.2) is 26.8 Å². The first-order valence-electron chi connectivity index (χ1n) is 10.0. The Hall–Kier alpha value is -3.10. The SMILES string of the molecule is NS(=O)(=O)c1cccc(NC(=O)COC(=O)/C=C/c2ccc(S(=O)(=O)N3CCOCC3)cc2)c1. The molecule has 1 aliphatic heterocycles. The highest BCUT2D eigenvalue weighted by molar-refractivity contribution is 7.89. The van der Waals surface area contributed by atoms with Gasteiger partial charge in [0.2, 0.25) is 20.0 Å². The number of esters is 1.